The molecule has 58 heavy (non-hydrogen) atoms. The predicted octanol–water partition coefficient (Wildman–Crippen LogP) is 2.79. The number of carbonyl (C=O) groups is 5. The molecule has 0 saturated carbocycles. The molecule has 294 valence electrons. The summed E-state index contributed by atoms with van der Waals surface area (Å²) in [5.74, 6) is -1.97. The van der Waals surface area contributed by atoms with Crippen LogP contribution in [0.5, 0.6) is 0 Å². The van der Waals surface area contributed by atoms with Gasteiger partial charge in [0.05, 0.1) is 45.4 Å². The largest absolute Gasteiger partial charge is 0.387 e. The number of pyridine rings is 1. The summed E-state index contributed by atoms with van der Waals surface area (Å²) >= 11 is 1.49. The first-order chi connectivity index (χ1) is 28.2. The van der Waals surface area contributed by atoms with E-state index in [4.69, 9.17) is 4.98 Å². The summed E-state index contributed by atoms with van der Waals surface area (Å²) in [6.07, 6.45) is 4.95. The standard InChI is InChI=1S/C40H38N12O5S/c1-42-30-18-31(32-5-3-26-16-24(19-41)20-44-52(26)32)43-21-29(30)36-46-47-40(58-36)50-10-8-25(9-11-50)37(55)49-14-12-48(13-15-49)22-23-2-4-27-28(17-23)39(57)51(38(27)56)33-6-7-34(53)45-35(33)54/h2-5,16-18,20-21,25,33H,6-15,22H2,1H3,(H,42,43)(H,45,53,54). The minimum Gasteiger partial charge on any atom is -0.387 e. The zero-order chi connectivity index (χ0) is 40.1. The van der Waals surface area contributed by atoms with Gasteiger partial charge in [-0.25, -0.2) is 4.52 Å². The van der Waals surface area contributed by atoms with Gasteiger partial charge in [0.15, 0.2) is 5.01 Å². The average molecular weight is 799 g/mol. The minimum atomic E-state index is -0.998. The molecule has 17 nitrogen and oxygen atoms in total. The highest BCUT2D eigenvalue weighted by molar-refractivity contribution is 7.18. The number of nitrogens with zero attached hydrogens (tertiary/aromatic N) is 10. The van der Waals surface area contributed by atoms with Crippen LogP contribution in [0.3, 0.4) is 0 Å². The lowest BCUT2D eigenvalue weighted by molar-refractivity contribution is -0.138. The summed E-state index contributed by atoms with van der Waals surface area (Å²) in [7, 11) is 1.85. The highest BCUT2D eigenvalue weighted by Crippen LogP contribution is 2.37. The Hall–Kier alpha value is -6.58. The van der Waals surface area contributed by atoms with Crippen LogP contribution >= 0.6 is 11.3 Å². The summed E-state index contributed by atoms with van der Waals surface area (Å²) in [4.78, 5) is 76.1. The number of anilines is 2. The molecule has 18 heteroatoms. The van der Waals surface area contributed by atoms with Gasteiger partial charge < -0.3 is 15.1 Å². The summed E-state index contributed by atoms with van der Waals surface area (Å²) < 4.78 is 1.76. The number of hydrogen-bond donors (Lipinski definition) is 2. The first-order valence-electron chi connectivity index (χ1n) is 19.2. The van der Waals surface area contributed by atoms with E-state index in [1.165, 1.54) is 17.5 Å². The second kappa shape index (κ2) is 15.1. The Morgan fingerprint density at radius 1 is 0.914 bits per heavy atom. The first-order valence-corrected chi connectivity index (χ1v) is 20.0. The number of nitriles is 1. The summed E-state index contributed by atoms with van der Waals surface area (Å²) in [5, 5.41) is 29.7. The van der Waals surface area contributed by atoms with E-state index in [9.17, 15) is 29.2 Å². The molecule has 0 bridgehead atoms. The Morgan fingerprint density at radius 2 is 1.71 bits per heavy atom. The fourth-order valence-electron chi connectivity index (χ4n) is 8.26. The number of fused-ring (bicyclic) bond motifs is 2. The average Bonchev–Trinajstić information content (AvgIpc) is 3.97. The summed E-state index contributed by atoms with van der Waals surface area (Å²) in [5.41, 5.74) is 5.89. The molecule has 9 rings (SSSR count). The Labute approximate surface area is 336 Å². The lowest BCUT2D eigenvalue weighted by Gasteiger charge is -2.38. The maximum Gasteiger partial charge on any atom is 0.262 e. The van der Waals surface area contributed by atoms with Gasteiger partial charge in [0, 0.05) is 77.1 Å². The molecule has 0 spiro atoms. The van der Waals surface area contributed by atoms with Gasteiger partial charge in [-0.15, -0.1) is 10.2 Å². The van der Waals surface area contributed by atoms with Crippen LogP contribution in [0.15, 0.2) is 54.9 Å². The molecule has 4 aromatic heterocycles. The maximum absolute atomic E-state index is 13.6. The number of benzene rings is 1. The molecule has 1 atom stereocenters. The summed E-state index contributed by atoms with van der Waals surface area (Å²) in [6, 6.07) is 13.9. The van der Waals surface area contributed by atoms with E-state index in [0.717, 1.165) is 61.6 Å². The Balaban J connectivity index is 0.775. The van der Waals surface area contributed by atoms with Crippen molar-refractivity contribution in [3.63, 3.8) is 0 Å². The van der Waals surface area contributed by atoms with E-state index in [0.29, 0.717) is 51.4 Å². The van der Waals surface area contributed by atoms with Crippen molar-refractivity contribution in [3.05, 3.63) is 77.1 Å². The van der Waals surface area contributed by atoms with E-state index in [-0.39, 0.29) is 35.8 Å². The normalized spacial score (nSPS) is 19.1. The maximum atomic E-state index is 13.6. The molecule has 5 aromatic rings. The van der Waals surface area contributed by atoms with Crippen molar-refractivity contribution in [3.8, 4) is 28.0 Å². The van der Waals surface area contributed by atoms with Crippen molar-refractivity contribution in [1.29, 1.82) is 5.26 Å². The zero-order valence-electron chi connectivity index (χ0n) is 31.6. The zero-order valence-corrected chi connectivity index (χ0v) is 32.4. The molecule has 3 fully saturated rings. The molecule has 8 heterocycles. The van der Waals surface area contributed by atoms with Gasteiger partial charge in [0.1, 0.15) is 12.1 Å². The number of amides is 5. The van der Waals surface area contributed by atoms with E-state index >= 15 is 0 Å². The minimum absolute atomic E-state index is 0.0680. The summed E-state index contributed by atoms with van der Waals surface area (Å²) in [6.45, 7) is 4.51. The van der Waals surface area contributed by atoms with Crippen molar-refractivity contribution in [2.75, 3.05) is 56.5 Å². The van der Waals surface area contributed by atoms with Gasteiger partial charge in [-0.2, -0.15) is 10.4 Å². The monoisotopic (exact) mass is 798 g/mol. The lowest BCUT2D eigenvalue weighted by atomic mass is 9.95. The molecular formula is C40H38N12O5S. The van der Waals surface area contributed by atoms with Crippen molar-refractivity contribution < 1.29 is 24.0 Å². The Morgan fingerprint density at radius 3 is 2.47 bits per heavy atom. The van der Waals surface area contributed by atoms with Crippen LogP contribution in [0.1, 0.15) is 57.5 Å². The van der Waals surface area contributed by atoms with Crippen LogP contribution in [0.4, 0.5) is 10.8 Å². The van der Waals surface area contributed by atoms with Gasteiger partial charge >= 0.3 is 0 Å². The van der Waals surface area contributed by atoms with Gasteiger partial charge in [0.2, 0.25) is 22.9 Å². The molecular weight excluding hydrogens is 761 g/mol. The van der Waals surface area contributed by atoms with Crippen LogP contribution in [0.2, 0.25) is 0 Å². The van der Waals surface area contributed by atoms with E-state index < -0.39 is 29.7 Å². The van der Waals surface area contributed by atoms with Crippen molar-refractivity contribution in [1.82, 2.24) is 44.8 Å². The molecule has 2 N–H and O–H groups in total. The number of nitrogens with one attached hydrogen (secondary N) is 2. The van der Waals surface area contributed by atoms with Crippen LogP contribution < -0.4 is 15.5 Å². The van der Waals surface area contributed by atoms with Crippen molar-refractivity contribution in [2.24, 2.45) is 5.92 Å². The molecule has 1 aromatic carbocycles. The third-order valence-electron chi connectivity index (χ3n) is 11.4. The molecule has 3 saturated heterocycles. The van der Waals surface area contributed by atoms with E-state index in [1.807, 2.05) is 36.2 Å². The number of aromatic nitrogens is 5. The highest BCUT2D eigenvalue weighted by Gasteiger charge is 2.44. The molecule has 5 amide bonds. The van der Waals surface area contributed by atoms with Crippen molar-refractivity contribution in [2.45, 2.75) is 38.3 Å². The Bertz CT molecular complexity index is 2550. The van der Waals surface area contributed by atoms with Crippen molar-refractivity contribution >= 4 is 57.2 Å². The topological polar surface area (TPSA) is 202 Å². The van der Waals surface area contributed by atoms with Gasteiger partial charge in [-0.1, -0.05) is 17.4 Å². The lowest BCUT2D eigenvalue weighted by Crippen LogP contribution is -2.54. The molecule has 0 aliphatic carbocycles. The van der Waals surface area contributed by atoms with E-state index in [1.54, 1.807) is 28.9 Å². The fraction of sp³-hybridized carbons (Fsp3) is 0.350. The number of imide groups is 2. The second-order valence-electron chi connectivity index (χ2n) is 14.9. The molecule has 1 unspecified atom stereocenters. The first kappa shape index (κ1) is 37.0. The third-order valence-corrected chi connectivity index (χ3v) is 12.4. The molecule has 4 aliphatic heterocycles. The van der Waals surface area contributed by atoms with Crippen LogP contribution in [-0.4, -0.2) is 121 Å². The number of carbonyl (C=O) groups excluding carboxylic acids is 5. The number of piperidine rings is 2. The number of piperazine rings is 1. The SMILES string of the molecule is CNc1cc(-c2ccc3cc(C#N)cnn23)ncc1-c1nnc(N2CCC(C(=O)N3CCN(Cc4ccc5c(c4)C(=O)N(C4CCC(=O)NC4=O)C5=O)CC3)CC2)s1. The van der Waals surface area contributed by atoms with Gasteiger partial charge in [-0.05, 0) is 61.2 Å². The Kier molecular flexibility index (Phi) is 9.61. The van der Waals surface area contributed by atoms with E-state index in [2.05, 4.69) is 41.8 Å². The van der Waals surface area contributed by atoms with Gasteiger partial charge in [0.25, 0.3) is 11.8 Å². The smallest absolute Gasteiger partial charge is 0.262 e. The predicted molar refractivity (Wildman–Crippen MR) is 211 cm³/mol. The second-order valence-corrected chi connectivity index (χ2v) is 15.8. The van der Waals surface area contributed by atoms with Crippen LogP contribution in [-0.2, 0) is 20.9 Å². The highest BCUT2D eigenvalue weighted by atomic mass is 32.1. The number of rotatable bonds is 8. The van der Waals surface area contributed by atoms with Crippen LogP contribution in [0.25, 0.3) is 27.5 Å². The fourth-order valence-corrected chi connectivity index (χ4v) is 9.18. The van der Waals surface area contributed by atoms with Gasteiger partial charge in [-0.3, -0.25) is 44.1 Å². The molecule has 4 aliphatic rings. The third kappa shape index (κ3) is 6.71. The number of hydrogen-bond acceptors (Lipinski definition) is 14. The molecule has 0 radical (unpaired) electrons. The quantitative estimate of drug-likeness (QED) is 0.217. The van der Waals surface area contributed by atoms with Crippen LogP contribution in [0, 0.1) is 17.2 Å².